The van der Waals surface area contributed by atoms with E-state index in [0.717, 1.165) is 42.5 Å². The summed E-state index contributed by atoms with van der Waals surface area (Å²) in [5.41, 5.74) is 5.70. The van der Waals surface area contributed by atoms with Crippen LogP contribution >= 0.6 is 0 Å². The fourth-order valence-electron chi connectivity index (χ4n) is 4.18. The van der Waals surface area contributed by atoms with Gasteiger partial charge in [-0.3, -0.25) is 4.79 Å². The van der Waals surface area contributed by atoms with Gasteiger partial charge in [0.15, 0.2) is 0 Å². The topological polar surface area (TPSA) is 62.2 Å². The normalized spacial score (nSPS) is 16.5. The number of fused-ring (bicyclic) bond motifs is 4. The molecule has 1 aliphatic carbocycles. The molecule has 0 bridgehead atoms. The van der Waals surface area contributed by atoms with E-state index in [0.29, 0.717) is 6.54 Å². The number of amides is 1. The number of aromatic nitrogens is 3. The van der Waals surface area contributed by atoms with E-state index in [1.165, 1.54) is 16.6 Å². The number of aryl methyl sites for hydroxylation is 1. The van der Waals surface area contributed by atoms with Gasteiger partial charge in [-0.15, -0.1) is 0 Å². The van der Waals surface area contributed by atoms with Crippen LogP contribution < -0.4 is 5.32 Å². The van der Waals surface area contributed by atoms with Crippen molar-refractivity contribution in [2.75, 3.05) is 6.54 Å². The summed E-state index contributed by atoms with van der Waals surface area (Å²) in [5.74, 6) is 0.187. The third-order valence-corrected chi connectivity index (χ3v) is 5.62. The summed E-state index contributed by atoms with van der Waals surface area (Å²) < 4.78 is 2.13. The van der Waals surface area contributed by atoms with E-state index in [2.05, 4.69) is 26.8 Å². The van der Waals surface area contributed by atoms with Crippen molar-refractivity contribution >= 4 is 22.5 Å². The maximum atomic E-state index is 12.7. The van der Waals surface area contributed by atoms with Crippen LogP contribution in [0.4, 0.5) is 0 Å². The number of rotatable bonds is 4. The number of hydrogen-bond acceptors (Lipinski definition) is 2. The maximum absolute atomic E-state index is 12.7. The Bertz CT molecular complexity index is 1120. The second kappa shape index (κ2) is 6.58. The SMILES string of the molecule is O=C(NCCc1c[nH]c2ccccc12)C1CCc2nc3ccccn3c2C1. The third kappa shape index (κ3) is 2.89. The smallest absolute Gasteiger partial charge is 0.223 e. The predicted molar refractivity (Wildman–Crippen MR) is 106 cm³/mol. The molecule has 5 heteroatoms. The van der Waals surface area contributed by atoms with Gasteiger partial charge in [0.1, 0.15) is 5.65 Å². The summed E-state index contributed by atoms with van der Waals surface area (Å²) >= 11 is 0. The molecule has 3 heterocycles. The van der Waals surface area contributed by atoms with Gasteiger partial charge < -0.3 is 14.7 Å². The largest absolute Gasteiger partial charge is 0.361 e. The molecule has 136 valence electrons. The zero-order valence-corrected chi connectivity index (χ0v) is 15.1. The van der Waals surface area contributed by atoms with E-state index >= 15 is 0 Å². The molecule has 0 aliphatic heterocycles. The first-order chi connectivity index (χ1) is 13.3. The van der Waals surface area contributed by atoms with Crippen molar-refractivity contribution < 1.29 is 4.79 Å². The van der Waals surface area contributed by atoms with Gasteiger partial charge >= 0.3 is 0 Å². The number of carbonyl (C=O) groups is 1. The number of aromatic amines is 1. The Hall–Kier alpha value is -3.08. The molecular weight excluding hydrogens is 336 g/mol. The molecule has 0 radical (unpaired) electrons. The Kier molecular flexibility index (Phi) is 3.93. The number of benzene rings is 1. The number of nitrogens with one attached hydrogen (secondary N) is 2. The maximum Gasteiger partial charge on any atom is 0.223 e. The van der Waals surface area contributed by atoms with E-state index in [-0.39, 0.29) is 11.8 Å². The number of nitrogens with zero attached hydrogens (tertiary/aromatic N) is 2. The Morgan fingerprint density at radius 2 is 2.11 bits per heavy atom. The Morgan fingerprint density at radius 1 is 1.22 bits per heavy atom. The van der Waals surface area contributed by atoms with Crippen LogP contribution in [0.25, 0.3) is 16.6 Å². The lowest BCUT2D eigenvalue weighted by molar-refractivity contribution is -0.125. The quantitative estimate of drug-likeness (QED) is 0.588. The highest BCUT2D eigenvalue weighted by atomic mass is 16.1. The predicted octanol–water partition coefficient (Wildman–Crippen LogP) is 3.28. The highest BCUT2D eigenvalue weighted by Crippen LogP contribution is 2.26. The van der Waals surface area contributed by atoms with Gasteiger partial charge in [-0.05, 0) is 43.0 Å². The zero-order valence-electron chi connectivity index (χ0n) is 15.1. The molecule has 5 rings (SSSR count). The Balaban J connectivity index is 1.24. The van der Waals surface area contributed by atoms with E-state index in [1.54, 1.807) is 0 Å². The van der Waals surface area contributed by atoms with Gasteiger partial charge in [0.25, 0.3) is 0 Å². The molecule has 1 aromatic carbocycles. The highest BCUT2D eigenvalue weighted by molar-refractivity contribution is 5.83. The number of pyridine rings is 1. The molecular formula is C22H22N4O. The molecule has 1 aliphatic rings. The van der Waals surface area contributed by atoms with Crippen LogP contribution in [0.15, 0.2) is 54.9 Å². The van der Waals surface area contributed by atoms with Crippen molar-refractivity contribution in [1.82, 2.24) is 19.7 Å². The van der Waals surface area contributed by atoms with Gasteiger partial charge in [0, 0.05) is 47.9 Å². The van der Waals surface area contributed by atoms with E-state index in [9.17, 15) is 4.79 Å². The van der Waals surface area contributed by atoms with Gasteiger partial charge in [-0.25, -0.2) is 4.98 Å². The molecule has 1 amide bonds. The third-order valence-electron chi connectivity index (χ3n) is 5.62. The lowest BCUT2D eigenvalue weighted by Crippen LogP contribution is -2.35. The summed E-state index contributed by atoms with van der Waals surface area (Å²) in [4.78, 5) is 20.7. The Morgan fingerprint density at radius 3 is 3.07 bits per heavy atom. The molecule has 3 aromatic heterocycles. The van der Waals surface area contributed by atoms with Crippen molar-refractivity contribution in [2.45, 2.75) is 25.7 Å². The first-order valence-corrected chi connectivity index (χ1v) is 9.57. The highest BCUT2D eigenvalue weighted by Gasteiger charge is 2.27. The van der Waals surface area contributed by atoms with Gasteiger partial charge in [-0.1, -0.05) is 24.3 Å². The van der Waals surface area contributed by atoms with Crippen LogP contribution in [0.1, 0.15) is 23.4 Å². The Labute approximate surface area is 157 Å². The summed E-state index contributed by atoms with van der Waals surface area (Å²) in [6, 6.07) is 14.3. The van der Waals surface area contributed by atoms with Crippen molar-refractivity contribution in [3.8, 4) is 0 Å². The van der Waals surface area contributed by atoms with Crippen LogP contribution in [0.3, 0.4) is 0 Å². The van der Waals surface area contributed by atoms with E-state index in [4.69, 9.17) is 4.98 Å². The van der Waals surface area contributed by atoms with Crippen LogP contribution in [0.2, 0.25) is 0 Å². The number of para-hydroxylation sites is 1. The molecule has 0 saturated heterocycles. The first-order valence-electron chi connectivity index (χ1n) is 9.57. The number of imidazole rings is 1. The van der Waals surface area contributed by atoms with Crippen LogP contribution in [0, 0.1) is 5.92 Å². The lowest BCUT2D eigenvalue weighted by atomic mass is 9.89. The van der Waals surface area contributed by atoms with Gasteiger partial charge in [0.2, 0.25) is 5.91 Å². The molecule has 27 heavy (non-hydrogen) atoms. The fraction of sp³-hybridized carbons (Fsp3) is 0.273. The summed E-state index contributed by atoms with van der Waals surface area (Å²) in [7, 11) is 0. The molecule has 0 saturated carbocycles. The lowest BCUT2D eigenvalue weighted by Gasteiger charge is -2.21. The number of carbonyl (C=O) groups excluding carboxylic acids is 1. The average Bonchev–Trinajstić information content (AvgIpc) is 3.29. The summed E-state index contributed by atoms with van der Waals surface area (Å²) in [5, 5.41) is 4.38. The van der Waals surface area contributed by atoms with Crippen molar-refractivity contribution in [3.05, 3.63) is 71.8 Å². The summed E-state index contributed by atoms with van der Waals surface area (Å²) in [6.45, 7) is 0.664. The summed E-state index contributed by atoms with van der Waals surface area (Å²) in [6.07, 6.45) is 7.43. The fourth-order valence-corrected chi connectivity index (χ4v) is 4.18. The standard InChI is InChI=1S/C22H22N4O/c27-22(23-11-10-16-14-24-18-6-2-1-5-17(16)18)15-8-9-19-20(13-15)26-12-4-3-7-21(26)25-19/h1-7,12,14-15,24H,8-11,13H2,(H,23,27). The second-order valence-corrected chi connectivity index (χ2v) is 7.27. The van der Waals surface area contributed by atoms with Crippen molar-refractivity contribution in [3.63, 3.8) is 0 Å². The van der Waals surface area contributed by atoms with Crippen LogP contribution in [-0.4, -0.2) is 26.8 Å². The van der Waals surface area contributed by atoms with Crippen LogP contribution in [0.5, 0.6) is 0 Å². The molecule has 5 nitrogen and oxygen atoms in total. The average molecular weight is 358 g/mol. The van der Waals surface area contributed by atoms with Crippen molar-refractivity contribution in [2.24, 2.45) is 5.92 Å². The van der Waals surface area contributed by atoms with Gasteiger partial charge in [0.05, 0.1) is 5.69 Å². The monoisotopic (exact) mass is 358 g/mol. The zero-order chi connectivity index (χ0) is 18.2. The molecule has 0 spiro atoms. The molecule has 4 aromatic rings. The first kappa shape index (κ1) is 16.1. The molecule has 0 fully saturated rings. The number of hydrogen-bond donors (Lipinski definition) is 2. The van der Waals surface area contributed by atoms with Gasteiger partial charge in [-0.2, -0.15) is 0 Å². The molecule has 2 N–H and O–H groups in total. The van der Waals surface area contributed by atoms with Crippen LogP contribution in [-0.2, 0) is 24.1 Å². The van der Waals surface area contributed by atoms with Crippen molar-refractivity contribution in [1.29, 1.82) is 0 Å². The minimum Gasteiger partial charge on any atom is -0.361 e. The minimum absolute atomic E-state index is 0.0283. The number of H-pyrrole nitrogens is 1. The van der Waals surface area contributed by atoms with E-state index < -0.39 is 0 Å². The van der Waals surface area contributed by atoms with E-state index in [1.807, 2.05) is 42.7 Å². The minimum atomic E-state index is 0.0283. The second-order valence-electron chi connectivity index (χ2n) is 7.27. The molecule has 1 atom stereocenters. The molecule has 1 unspecified atom stereocenters.